The van der Waals surface area contributed by atoms with Gasteiger partial charge in [0.1, 0.15) is 0 Å². The second kappa shape index (κ2) is 5.64. The summed E-state index contributed by atoms with van der Waals surface area (Å²) in [6.07, 6.45) is 6.46. The molecule has 4 heteroatoms. The van der Waals surface area contributed by atoms with Crippen LogP contribution in [0.15, 0.2) is 0 Å². The minimum absolute atomic E-state index is 0.0420. The summed E-state index contributed by atoms with van der Waals surface area (Å²) in [6.45, 7) is 1.05. The molecule has 1 amide bonds. The Morgan fingerprint density at radius 1 is 1.25 bits per heavy atom. The largest absolute Gasteiger partial charge is 0.396 e. The zero-order valence-corrected chi connectivity index (χ0v) is 9.74. The monoisotopic (exact) mass is 226 g/mol. The van der Waals surface area contributed by atoms with E-state index in [2.05, 4.69) is 10.6 Å². The zero-order chi connectivity index (χ0) is 11.4. The summed E-state index contributed by atoms with van der Waals surface area (Å²) in [6, 6.07) is 0.290. The van der Waals surface area contributed by atoms with Crippen molar-refractivity contribution in [3.63, 3.8) is 0 Å². The molecule has 1 aliphatic carbocycles. The molecule has 1 saturated carbocycles. The maximum absolute atomic E-state index is 11.8. The van der Waals surface area contributed by atoms with Crippen LogP contribution >= 0.6 is 0 Å². The molecule has 1 heterocycles. The highest BCUT2D eigenvalue weighted by Crippen LogP contribution is 2.26. The molecule has 2 rings (SSSR count). The van der Waals surface area contributed by atoms with Crippen LogP contribution in [0.5, 0.6) is 0 Å². The van der Waals surface area contributed by atoms with E-state index in [1.165, 1.54) is 0 Å². The van der Waals surface area contributed by atoms with E-state index < -0.39 is 0 Å². The molecule has 0 bridgehead atoms. The summed E-state index contributed by atoms with van der Waals surface area (Å²) >= 11 is 0. The van der Waals surface area contributed by atoms with Crippen LogP contribution in [0.4, 0.5) is 0 Å². The first kappa shape index (κ1) is 11.9. The predicted octanol–water partition coefficient (Wildman–Crippen LogP) is 0.406. The Morgan fingerprint density at radius 2 is 2.12 bits per heavy atom. The van der Waals surface area contributed by atoms with Crippen LogP contribution in [-0.2, 0) is 4.79 Å². The van der Waals surface area contributed by atoms with Crippen molar-refractivity contribution in [1.29, 1.82) is 0 Å². The fraction of sp³-hybridized carbons (Fsp3) is 0.917. The van der Waals surface area contributed by atoms with E-state index in [0.29, 0.717) is 12.0 Å². The molecule has 16 heavy (non-hydrogen) atoms. The fourth-order valence-electron chi connectivity index (χ4n) is 2.83. The van der Waals surface area contributed by atoms with Gasteiger partial charge in [-0.3, -0.25) is 4.79 Å². The van der Waals surface area contributed by atoms with Crippen molar-refractivity contribution < 1.29 is 9.90 Å². The third-order valence-corrected chi connectivity index (χ3v) is 3.84. The molecular weight excluding hydrogens is 204 g/mol. The summed E-state index contributed by atoms with van der Waals surface area (Å²) in [5, 5.41) is 15.6. The maximum Gasteiger partial charge on any atom is 0.237 e. The van der Waals surface area contributed by atoms with Crippen molar-refractivity contribution in [1.82, 2.24) is 10.6 Å². The lowest BCUT2D eigenvalue weighted by atomic mass is 10.0. The molecule has 0 aromatic rings. The number of carbonyl (C=O) groups is 1. The first-order valence-corrected chi connectivity index (χ1v) is 6.46. The SMILES string of the molecule is O=C1NCCCCC1NC1CCCC1CO. The molecule has 92 valence electrons. The van der Waals surface area contributed by atoms with Gasteiger partial charge in [-0.25, -0.2) is 0 Å². The predicted molar refractivity (Wildman–Crippen MR) is 62.0 cm³/mol. The number of nitrogens with one attached hydrogen (secondary N) is 2. The highest BCUT2D eigenvalue weighted by molar-refractivity contribution is 5.81. The van der Waals surface area contributed by atoms with Crippen LogP contribution < -0.4 is 10.6 Å². The Bertz CT molecular complexity index is 245. The van der Waals surface area contributed by atoms with Crippen molar-refractivity contribution in [2.24, 2.45) is 5.92 Å². The Balaban J connectivity index is 1.89. The molecule has 0 spiro atoms. The molecule has 1 saturated heterocycles. The normalized spacial score (nSPS) is 35.8. The smallest absolute Gasteiger partial charge is 0.237 e. The van der Waals surface area contributed by atoms with Crippen LogP contribution in [0.1, 0.15) is 38.5 Å². The van der Waals surface area contributed by atoms with Crippen LogP contribution in [0, 0.1) is 5.92 Å². The van der Waals surface area contributed by atoms with Gasteiger partial charge in [-0.2, -0.15) is 0 Å². The second-order valence-corrected chi connectivity index (χ2v) is 4.99. The lowest BCUT2D eigenvalue weighted by Gasteiger charge is -2.24. The first-order valence-electron chi connectivity index (χ1n) is 6.46. The van der Waals surface area contributed by atoms with Crippen molar-refractivity contribution in [3.05, 3.63) is 0 Å². The van der Waals surface area contributed by atoms with Crippen LogP contribution in [0.3, 0.4) is 0 Å². The molecule has 2 fully saturated rings. The maximum atomic E-state index is 11.8. The van der Waals surface area contributed by atoms with Gasteiger partial charge in [0, 0.05) is 19.2 Å². The molecule has 3 N–H and O–H groups in total. The third kappa shape index (κ3) is 2.74. The highest BCUT2D eigenvalue weighted by Gasteiger charge is 2.30. The average molecular weight is 226 g/mol. The number of aliphatic hydroxyl groups excluding tert-OH is 1. The van der Waals surface area contributed by atoms with Gasteiger partial charge in [-0.05, 0) is 38.0 Å². The summed E-state index contributed by atoms with van der Waals surface area (Å²) in [5.74, 6) is 0.483. The number of amides is 1. The molecule has 0 radical (unpaired) electrons. The second-order valence-electron chi connectivity index (χ2n) is 4.99. The van der Waals surface area contributed by atoms with E-state index >= 15 is 0 Å². The molecule has 2 aliphatic rings. The lowest BCUT2D eigenvalue weighted by molar-refractivity contribution is -0.123. The van der Waals surface area contributed by atoms with E-state index in [4.69, 9.17) is 0 Å². The van der Waals surface area contributed by atoms with E-state index in [-0.39, 0.29) is 18.6 Å². The summed E-state index contributed by atoms with van der Waals surface area (Å²) < 4.78 is 0. The summed E-state index contributed by atoms with van der Waals surface area (Å²) in [7, 11) is 0. The molecule has 3 unspecified atom stereocenters. The van der Waals surface area contributed by atoms with Crippen molar-refractivity contribution in [2.45, 2.75) is 50.6 Å². The van der Waals surface area contributed by atoms with E-state index in [1.54, 1.807) is 0 Å². The minimum Gasteiger partial charge on any atom is -0.396 e. The van der Waals surface area contributed by atoms with Crippen molar-refractivity contribution in [3.8, 4) is 0 Å². The minimum atomic E-state index is -0.0420. The van der Waals surface area contributed by atoms with Crippen LogP contribution in [0.25, 0.3) is 0 Å². The van der Waals surface area contributed by atoms with Crippen molar-refractivity contribution in [2.75, 3.05) is 13.2 Å². The Labute approximate surface area is 96.8 Å². The zero-order valence-electron chi connectivity index (χ0n) is 9.74. The average Bonchev–Trinajstić information content (AvgIpc) is 2.64. The molecule has 0 aromatic carbocycles. The van der Waals surface area contributed by atoms with Gasteiger partial charge in [0.15, 0.2) is 0 Å². The van der Waals surface area contributed by atoms with E-state index in [1.807, 2.05) is 0 Å². The molecule has 4 nitrogen and oxygen atoms in total. The Morgan fingerprint density at radius 3 is 2.94 bits per heavy atom. The third-order valence-electron chi connectivity index (χ3n) is 3.84. The van der Waals surface area contributed by atoms with Gasteiger partial charge in [0.05, 0.1) is 6.04 Å². The van der Waals surface area contributed by atoms with Gasteiger partial charge in [-0.1, -0.05) is 6.42 Å². The fourth-order valence-corrected chi connectivity index (χ4v) is 2.83. The van der Waals surface area contributed by atoms with Gasteiger partial charge in [-0.15, -0.1) is 0 Å². The number of aliphatic hydroxyl groups is 1. The van der Waals surface area contributed by atoms with Gasteiger partial charge >= 0.3 is 0 Å². The molecular formula is C12H22N2O2. The number of rotatable bonds is 3. The van der Waals surface area contributed by atoms with Gasteiger partial charge < -0.3 is 15.7 Å². The quantitative estimate of drug-likeness (QED) is 0.653. The molecule has 0 aromatic heterocycles. The van der Waals surface area contributed by atoms with Gasteiger partial charge in [0.2, 0.25) is 5.91 Å². The van der Waals surface area contributed by atoms with E-state index in [0.717, 1.165) is 45.1 Å². The molecule has 1 aliphatic heterocycles. The topological polar surface area (TPSA) is 61.4 Å². The van der Waals surface area contributed by atoms with E-state index in [9.17, 15) is 9.90 Å². The summed E-state index contributed by atoms with van der Waals surface area (Å²) in [4.78, 5) is 11.8. The standard InChI is InChI=1S/C12H22N2O2/c15-8-9-4-3-6-10(9)14-11-5-1-2-7-13-12(11)16/h9-11,14-15H,1-8H2,(H,13,16). The molecule has 3 atom stereocenters. The summed E-state index contributed by atoms with van der Waals surface area (Å²) in [5.41, 5.74) is 0. The van der Waals surface area contributed by atoms with Crippen molar-refractivity contribution >= 4 is 5.91 Å². The Hall–Kier alpha value is -0.610. The lowest BCUT2D eigenvalue weighted by Crippen LogP contribution is -2.48. The number of carbonyl (C=O) groups excluding carboxylic acids is 1. The first-order chi connectivity index (χ1) is 7.81. The number of hydrogen-bond donors (Lipinski definition) is 3. The van der Waals surface area contributed by atoms with Gasteiger partial charge in [0.25, 0.3) is 0 Å². The highest BCUT2D eigenvalue weighted by atomic mass is 16.3. The van der Waals surface area contributed by atoms with Crippen LogP contribution in [0.2, 0.25) is 0 Å². The Kier molecular flexibility index (Phi) is 4.18. The van der Waals surface area contributed by atoms with Crippen LogP contribution in [-0.4, -0.2) is 36.2 Å². The number of hydrogen-bond acceptors (Lipinski definition) is 3.